The van der Waals surface area contributed by atoms with Crippen LogP contribution in [0.5, 0.6) is 0 Å². The summed E-state index contributed by atoms with van der Waals surface area (Å²) < 4.78 is 11.2. The zero-order valence-corrected chi connectivity index (χ0v) is 38.3. The minimum Gasteiger partial charge on any atom is -0.444 e. The maximum Gasteiger partial charge on any atom is 0.410 e. The van der Waals surface area contributed by atoms with Crippen molar-refractivity contribution >= 4 is 41.4 Å². The van der Waals surface area contributed by atoms with Crippen molar-refractivity contribution in [3.8, 4) is 0 Å². The number of rotatable bonds is 10. The molecule has 1 aliphatic carbocycles. The second-order valence-corrected chi connectivity index (χ2v) is 20.4. The molecule has 4 aliphatic rings. The van der Waals surface area contributed by atoms with Gasteiger partial charge in [0.15, 0.2) is 0 Å². The topological polar surface area (TPSA) is 154 Å². The Morgan fingerprint density at radius 1 is 0.857 bits per heavy atom. The van der Waals surface area contributed by atoms with Gasteiger partial charge in [-0.1, -0.05) is 43.3 Å². The molecule has 0 radical (unpaired) electrons. The average molecular weight is 864 g/mol. The van der Waals surface area contributed by atoms with Crippen LogP contribution in [0.2, 0.25) is 0 Å². The van der Waals surface area contributed by atoms with Crippen LogP contribution in [-0.2, 0) is 55.2 Å². The molecule has 2 saturated heterocycles. The van der Waals surface area contributed by atoms with Gasteiger partial charge >= 0.3 is 12.2 Å². The number of pyridine rings is 1. The number of hydrogen-bond acceptors (Lipinski definition) is 9. The van der Waals surface area contributed by atoms with Crippen LogP contribution in [0.15, 0.2) is 60.8 Å². The van der Waals surface area contributed by atoms with Crippen molar-refractivity contribution in [2.24, 2.45) is 11.3 Å². The Labute approximate surface area is 372 Å². The first-order chi connectivity index (χ1) is 29.7. The summed E-state index contributed by atoms with van der Waals surface area (Å²) in [6, 6.07) is 17.3. The van der Waals surface area contributed by atoms with Gasteiger partial charge in [-0.3, -0.25) is 14.4 Å². The zero-order valence-electron chi connectivity index (χ0n) is 38.3. The lowest BCUT2D eigenvalue weighted by molar-refractivity contribution is -0.146. The standard InChI is InChI=1S/C49H65N7O7/c1-46(2,3)62-44(60)53(8)30-35-12-9-10-13-36(35)31-56(43(59)48(7)19-24-54(25-20-48)29-33-17-22-55(23-18-33)45(61)63-47(4,5)6)32-40(57)51-38-16-15-34-27-49(28-37(34)26-38)39-14-11-21-50-41(39)52-42(49)58/h9-16,21,26,33H,17-20,22-25,27-32H2,1-8H3,(H,51,57)(H,50,52,58). The highest BCUT2D eigenvalue weighted by atomic mass is 16.6. The third kappa shape index (κ3) is 10.7. The summed E-state index contributed by atoms with van der Waals surface area (Å²) in [5, 5.41) is 6.02. The Morgan fingerprint density at radius 2 is 1.51 bits per heavy atom. The molecule has 4 heterocycles. The number of hydrogen-bond donors (Lipinski definition) is 2. The number of anilines is 2. The summed E-state index contributed by atoms with van der Waals surface area (Å²) >= 11 is 0. The van der Waals surface area contributed by atoms with Gasteiger partial charge in [-0.15, -0.1) is 0 Å². The Kier molecular flexibility index (Phi) is 13.0. The van der Waals surface area contributed by atoms with Crippen LogP contribution in [0.25, 0.3) is 0 Å². The molecule has 1 unspecified atom stereocenters. The molecule has 63 heavy (non-hydrogen) atoms. The highest BCUT2D eigenvalue weighted by Gasteiger charge is 2.51. The molecule has 2 N–H and O–H groups in total. The number of nitrogens with zero attached hydrogens (tertiary/aromatic N) is 5. The largest absolute Gasteiger partial charge is 0.444 e. The van der Waals surface area contributed by atoms with E-state index < -0.39 is 28.1 Å². The molecule has 3 aromatic rings. The summed E-state index contributed by atoms with van der Waals surface area (Å²) in [6.45, 7) is 17.2. The van der Waals surface area contributed by atoms with E-state index >= 15 is 0 Å². The number of ether oxygens (including phenoxy) is 2. The fourth-order valence-corrected chi connectivity index (χ4v) is 9.46. The van der Waals surface area contributed by atoms with Crippen LogP contribution in [0.4, 0.5) is 21.1 Å². The van der Waals surface area contributed by atoms with Crippen molar-refractivity contribution in [1.29, 1.82) is 0 Å². The monoisotopic (exact) mass is 863 g/mol. The number of piperidine rings is 2. The molecular weight excluding hydrogens is 799 g/mol. The van der Waals surface area contributed by atoms with Gasteiger partial charge in [0.25, 0.3) is 0 Å². The predicted octanol–water partition coefficient (Wildman–Crippen LogP) is 7.15. The van der Waals surface area contributed by atoms with Gasteiger partial charge in [0, 0.05) is 62.6 Å². The highest BCUT2D eigenvalue weighted by molar-refractivity contribution is 6.06. The number of likely N-dealkylation sites (tertiary alicyclic amines) is 2. The quantitative estimate of drug-likeness (QED) is 0.216. The van der Waals surface area contributed by atoms with Crippen molar-refractivity contribution in [3.63, 3.8) is 0 Å². The maximum atomic E-state index is 14.9. The maximum absolute atomic E-state index is 14.9. The summed E-state index contributed by atoms with van der Waals surface area (Å²) in [5.74, 6) is 0.570. The van der Waals surface area contributed by atoms with Gasteiger partial charge in [-0.25, -0.2) is 14.6 Å². The molecule has 338 valence electrons. The molecule has 5 amide bonds. The fourth-order valence-electron chi connectivity index (χ4n) is 9.46. The van der Waals surface area contributed by atoms with Gasteiger partial charge in [-0.05, 0) is 140 Å². The van der Waals surface area contributed by atoms with Crippen molar-refractivity contribution in [3.05, 3.63) is 88.6 Å². The van der Waals surface area contributed by atoms with E-state index in [2.05, 4.69) is 20.5 Å². The predicted molar refractivity (Wildman–Crippen MR) is 241 cm³/mol. The number of fused-ring (bicyclic) bond motifs is 3. The highest BCUT2D eigenvalue weighted by Crippen LogP contribution is 2.47. The van der Waals surface area contributed by atoms with Crippen molar-refractivity contribution in [2.45, 2.75) is 117 Å². The molecule has 0 saturated carbocycles. The molecule has 1 aromatic heterocycles. The van der Waals surface area contributed by atoms with Crippen molar-refractivity contribution < 1.29 is 33.4 Å². The summed E-state index contributed by atoms with van der Waals surface area (Å²) in [7, 11) is 1.69. The molecule has 0 bridgehead atoms. The first kappa shape index (κ1) is 45.5. The normalized spacial score (nSPS) is 19.8. The van der Waals surface area contributed by atoms with E-state index in [1.807, 2.05) is 103 Å². The van der Waals surface area contributed by atoms with E-state index in [1.165, 1.54) is 4.90 Å². The van der Waals surface area contributed by atoms with Gasteiger partial charge in [0.1, 0.15) is 23.6 Å². The molecule has 14 nitrogen and oxygen atoms in total. The van der Waals surface area contributed by atoms with Crippen LogP contribution >= 0.6 is 0 Å². The second kappa shape index (κ2) is 17.9. The molecule has 2 fully saturated rings. The molecule has 7 rings (SSSR count). The Morgan fingerprint density at radius 3 is 2.17 bits per heavy atom. The average Bonchev–Trinajstić information content (AvgIpc) is 3.73. The van der Waals surface area contributed by atoms with E-state index in [0.717, 1.165) is 60.3 Å². The minimum absolute atomic E-state index is 0.0651. The van der Waals surface area contributed by atoms with E-state index in [0.29, 0.717) is 56.2 Å². The van der Waals surface area contributed by atoms with Gasteiger partial charge < -0.3 is 39.7 Å². The van der Waals surface area contributed by atoms with Crippen LogP contribution in [0.3, 0.4) is 0 Å². The Hall–Kier alpha value is -5.50. The lowest BCUT2D eigenvalue weighted by Crippen LogP contribution is -2.51. The third-order valence-corrected chi connectivity index (χ3v) is 12.9. The number of benzene rings is 2. The van der Waals surface area contributed by atoms with Crippen LogP contribution < -0.4 is 10.6 Å². The summed E-state index contributed by atoms with van der Waals surface area (Å²) in [4.78, 5) is 79.7. The Balaban J connectivity index is 1.04. The summed E-state index contributed by atoms with van der Waals surface area (Å²) in [6.07, 6.45) is 5.11. The molecule has 14 heteroatoms. The van der Waals surface area contributed by atoms with E-state index in [-0.39, 0.29) is 43.4 Å². The first-order valence-corrected chi connectivity index (χ1v) is 22.4. The number of aromatic nitrogens is 1. The zero-order chi connectivity index (χ0) is 45.3. The molecule has 1 atom stereocenters. The molecule has 2 aromatic carbocycles. The number of nitrogens with one attached hydrogen (secondary N) is 2. The van der Waals surface area contributed by atoms with Gasteiger partial charge in [-0.2, -0.15) is 0 Å². The van der Waals surface area contributed by atoms with Crippen LogP contribution in [-0.4, -0.2) is 112 Å². The van der Waals surface area contributed by atoms with Crippen LogP contribution in [0, 0.1) is 11.3 Å². The van der Waals surface area contributed by atoms with Gasteiger partial charge in [0.2, 0.25) is 17.7 Å². The molecular formula is C49H65N7O7. The van der Waals surface area contributed by atoms with E-state index in [9.17, 15) is 24.0 Å². The number of amides is 5. The van der Waals surface area contributed by atoms with Crippen LogP contribution in [0.1, 0.15) is 102 Å². The van der Waals surface area contributed by atoms with Crippen molar-refractivity contribution in [2.75, 3.05) is 56.9 Å². The number of carbonyl (C=O) groups excluding carboxylic acids is 5. The summed E-state index contributed by atoms with van der Waals surface area (Å²) in [5.41, 5.74) is 2.61. The fraction of sp³-hybridized carbons (Fsp3) is 0.551. The smallest absolute Gasteiger partial charge is 0.410 e. The SMILES string of the molecule is CN(Cc1ccccc1CN(CC(=O)Nc1ccc2c(c1)CC1(C2)C(=O)Nc2ncccc21)C(=O)C1(C)CCN(CC2CCN(C(=O)OC(C)(C)C)CC2)CC1)C(=O)OC(C)(C)C. The lowest BCUT2D eigenvalue weighted by Gasteiger charge is -2.42. The third-order valence-electron chi connectivity index (χ3n) is 12.9. The Bertz CT molecular complexity index is 2210. The number of carbonyl (C=O) groups is 5. The van der Waals surface area contributed by atoms with E-state index in [1.54, 1.807) is 23.0 Å². The molecule has 3 aliphatic heterocycles. The molecule has 1 spiro atoms. The first-order valence-electron chi connectivity index (χ1n) is 22.4. The van der Waals surface area contributed by atoms with Gasteiger partial charge in [0.05, 0.1) is 5.41 Å². The lowest BCUT2D eigenvalue weighted by atomic mass is 9.78. The minimum atomic E-state index is -0.729. The van der Waals surface area contributed by atoms with Crippen molar-refractivity contribution in [1.82, 2.24) is 24.6 Å². The second-order valence-electron chi connectivity index (χ2n) is 20.4. The van der Waals surface area contributed by atoms with E-state index in [4.69, 9.17) is 9.47 Å².